The number of carbonyl (C=O) groups excluding carboxylic acids is 1. The lowest BCUT2D eigenvalue weighted by Crippen LogP contribution is -2.39. The van der Waals surface area contributed by atoms with E-state index in [1.807, 2.05) is 13.0 Å². The molecule has 0 bridgehead atoms. The molecular weight excluding hydrogens is 270 g/mol. The first-order valence-electron chi connectivity index (χ1n) is 7.12. The van der Waals surface area contributed by atoms with Crippen molar-refractivity contribution in [1.82, 2.24) is 9.88 Å². The van der Waals surface area contributed by atoms with Crippen LogP contribution in [0.15, 0.2) is 12.3 Å². The standard InChI is InChI=1S/C15H21N3O3/c1-11-7-13(10-19)8-16-14(11)18-5-3-12(4-6-18)9-17(2)15(20)21/h7-8,10,12H,3-6,9H2,1-2H3,(H,20,21). The SMILES string of the molecule is Cc1cc(C=O)cnc1N1CCC(CN(C)C(=O)O)CC1. The molecule has 0 atom stereocenters. The first-order valence-corrected chi connectivity index (χ1v) is 7.12. The van der Waals surface area contributed by atoms with Crippen molar-refractivity contribution >= 4 is 18.2 Å². The fourth-order valence-corrected chi connectivity index (χ4v) is 2.78. The minimum Gasteiger partial charge on any atom is -0.465 e. The van der Waals surface area contributed by atoms with E-state index in [9.17, 15) is 9.59 Å². The third-order valence-electron chi connectivity index (χ3n) is 3.98. The Labute approximate surface area is 124 Å². The molecule has 1 aromatic heterocycles. The van der Waals surface area contributed by atoms with Crippen molar-refractivity contribution in [2.24, 2.45) is 5.92 Å². The van der Waals surface area contributed by atoms with E-state index >= 15 is 0 Å². The number of pyridine rings is 1. The van der Waals surface area contributed by atoms with Crippen LogP contribution in [0.2, 0.25) is 0 Å². The summed E-state index contributed by atoms with van der Waals surface area (Å²) in [7, 11) is 1.61. The van der Waals surface area contributed by atoms with Gasteiger partial charge in [0.1, 0.15) is 5.82 Å². The molecule has 0 radical (unpaired) electrons. The number of amides is 1. The van der Waals surface area contributed by atoms with Gasteiger partial charge in [-0.3, -0.25) is 4.79 Å². The topological polar surface area (TPSA) is 73.7 Å². The maximum Gasteiger partial charge on any atom is 0.407 e. The molecule has 6 heteroatoms. The van der Waals surface area contributed by atoms with Gasteiger partial charge in [-0.2, -0.15) is 0 Å². The average molecular weight is 291 g/mol. The highest BCUT2D eigenvalue weighted by Crippen LogP contribution is 2.25. The molecule has 1 amide bonds. The van der Waals surface area contributed by atoms with Gasteiger partial charge in [-0.15, -0.1) is 0 Å². The van der Waals surface area contributed by atoms with Gasteiger partial charge in [0.25, 0.3) is 0 Å². The van der Waals surface area contributed by atoms with Gasteiger partial charge in [0.15, 0.2) is 6.29 Å². The van der Waals surface area contributed by atoms with E-state index in [4.69, 9.17) is 5.11 Å². The number of rotatable bonds is 4. The monoisotopic (exact) mass is 291 g/mol. The van der Waals surface area contributed by atoms with Crippen LogP contribution in [-0.2, 0) is 0 Å². The van der Waals surface area contributed by atoms with Crippen LogP contribution < -0.4 is 4.90 Å². The second-order valence-electron chi connectivity index (χ2n) is 5.62. The second-order valence-corrected chi connectivity index (χ2v) is 5.62. The summed E-state index contributed by atoms with van der Waals surface area (Å²) in [6.45, 7) is 4.28. The van der Waals surface area contributed by atoms with E-state index in [2.05, 4.69) is 9.88 Å². The van der Waals surface area contributed by atoms with Gasteiger partial charge in [0.05, 0.1) is 0 Å². The van der Waals surface area contributed by atoms with Crippen molar-refractivity contribution in [2.45, 2.75) is 19.8 Å². The molecule has 0 spiro atoms. The van der Waals surface area contributed by atoms with Crippen molar-refractivity contribution in [2.75, 3.05) is 31.6 Å². The molecule has 1 fully saturated rings. The zero-order chi connectivity index (χ0) is 15.4. The Morgan fingerprint density at radius 2 is 2.19 bits per heavy atom. The highest BCUT2D eigenvalue weighted by molar-refractivity contribution is 5.75. The van der Waals surface area contributed by atoms with Crippen LogP contribution in [0, 0.1) is 12.8 Å². The Morgan fingerprint density at radius 1 is 1.52 bits per heavy atom. The van der Waals surface area contributed by atoms with Gasteiger partial charge in [-0.1, -0.05) is 0 Å². The summed E-state index contributed by atoms with van der Waals surface area (Å²) < 4.78 is 0. The number of hydrogen-bond acceptors (Lipinski definition) is 4. The molecule has 6 nitrogen and oxygen atoms in total. The molecular formula is C15H21N3O3. The van der Waals surface area contributed by atoms with Crippen molar-refractivity contribution in [3.8, 4) is 0 Å². The molecule has 1 aromatic rings. The molecule has 0 saturated carbocycles. The molecule has 0 aromatic carbocycles. The summed E-state index contributed by atoms with van der Waals surface area (Å²) in [5.74, 6) is 1.32. The highest BCUT2D eigenvalue weighted by atomic mass is 16.4. The molecule has 2 heterocycles. The van der Waals surface area contributed by atoms with Gasteiger partial charge in [0.2, 0.25) is 0 Å². The largest absolute Gasteiger partial charge is 0.465 e. The van der Waals surface area contributed by atoms with Crippen LogP contribution >= 0.6 is 0 Å². The molecule has 1 aliphatic rings. The molecule has 0 aliphatic carbocycles. The zero-order valence-corrected chi connectivity index (χ0v) is 12.5. The van der Waals surface area contributed by atoms with Gasteiger partial charge in [0, 0.05) is 38.4 Å². The van der Waals surface area contributed by atoms with Crippen LogP contribution in [0.4, 0.5) is 10.6 Å². The highest BCUT2D eigenvalue weighted by Gasteiger charge is 2.23. The zero-order valence-electron chi connectivity index (χ0n) is 12.5. The van der Waals surface area contributed by atoms with E-state index in [0.717, 1.165) is 43.6 Å². The van der Waals surface area contributed by atoms with E-state index < -0.39 is 6.09 Å². The number of piperidine rings is 1. The normalized spacial score (nSPS) is 15.8. The van der Waals surface area contributed by atoms with Crippen molar-refractivity contribution < 1.29 is 14.7 Å². The third kappa shape index (κ3) is 3.71. The maximum atomic E-state index is 10.8. The molecule has 1 N–H and O–H groups in total. The number of nitrogens with zero attached hydrogens (tertiary/aromatic N) is 3. The van der Waals surface area contributed by atoms with Gasteiger partial charge < -0.3 is 14.9 Å². The Morgan fingerprint density at radius 3 is 2.71 bits per heavy atom. The van der Waals surface area contributed by atoms with Crippen LogP contribution in [0.3, 0.4) is 0 Å². The third-order valence-corrected chi connectivity index (χ3v) is 3.98. The van der Waals surface area contributed by atoms with E-state index in [0.29, 0.717) is 18.0 Å². The summed E-state index contributed by atoms with van der Waals surface area (Å²) in [4.78, 5) is 29.5. The molecule has 21 heavy (non-hydrogen) atoms. The van der Waals surface area contributed by atoms with Gasteiger partial charge in [-0.25, -0.2) is 9.78 Å². The molecule has 1 saturated heterocycles. The van der Waals surface area contributed by atoms with Crippen LogP contribution in [0.25, 0.3) is 0 Å². The molecule has 0 unspecified atom stereocenters. The number of aryl methyl sites for hydroxylation is 1. The summed E-state index contributed by atoms with van der Waals surface area (Å²) in [5.41, 5.74) is 1.59. The predicted molar refractivity (Wildman–Crippen MR) is 80.0 cm³/mol. The number of carbonyl (C=O) groups is 2. The number of hydrogen-bond donors (Lipinski definition) is 1. The number of aromatic nitrogens is 1. The lowest BCUT2D eigenvalue weighted by atomic mass is 9.96. The Balaban J connectivity index is 1.95. The Kier molecular flexibility index (Phi) is 4.77. The van der Waals surface area contributed by atoms with E-state index in [-0.39, 0.29) is 0 Å². The number of anilines is 1. The minimum atomic E-state index is -0.876. The number of carboxylic acid groups (broad SMARTS) is 1. The quantitative estimate of drug-likeness (QED) is 0.859. The van der Waals surface area contributed by atoms with Crippen molar-refractivity contribution in [3.05, 3.63) is 23.4 Å². The Bertz CT molecular complexity index is 525. The summed E-state index contributed by atoms with van der Waals surface area (Å²) >= 11 is 0. The van der Waals surface area contributed by atoms with Crippen LogP contribution in [-0.4, -0.2) is 54.1 Å². The lowest BCUT2D eigenvalue weighted by molar-refractivity contribution is 0.112. The summed E-state index contributed by atoms with van der Waals surface area (Å²) in [6.07, 6.45) is 3.43. The molecule has 1 aliphatic heterocycles. The van der Waals surface area contributed by atoms with Crippen molar-refractivity contribution in [1.29, 1.82) is 0 Å². The van der Waals surface area contributed by atoms with Crippen LogP contribution in [0.5, 0.6) is 0 Å². The molecule has 114 valence electrons. The van der Waals surface area contributed by atoms with E-state index in [1.165, 1.54) is 4.90 Å². The van der Waals surface area contributed by atoms with Crippen LogP contribution in [0.1, 0.15) is 28.8 Å². The maximum absolute atomic E-state index is 10.8. The van der Waals surface area contributed by atoms with Crippen molar-refractivity contribution in [3.63, 3.8) is 0 Å². The molecule has 2 rings (SSSR count). The van der Waals surface area contributed by atoms with Gasteiger partial charge in [-0.05, 0) is 37.3 Å². The summed E-state index contributed by atoms with van der Waals surface area (Å²) in [5, 5.41) is 8.91. The minimum absolute atomic E-state index is 0.400. The number of aldehydes is 1. The average Bonchev–Trinajstić information content (AvgIpc) is 2.48. The predicted octanol–water partition coefficient (Wildman–Crippen LogP) is 2.03. The van der Waals surface area contributed by atoms with E-state index in [1.54, 1.807) is 13.2 Å². The second kappa shape index (κ2) is 6.56. The fourth-order valence-electron chi connectivity index (χ4n) is 2.78. The first-order chi connectivity index (χ1) is 10.0. The summed E-state index contributed by atoms with van der Waals surface area (Å²) in [6, 6.07) is 1.85. The van der Waals surface area contributed by atoms with Gasteiger partial charge >= 0.3 is 6.09 Å². The Hall–Kier alpha value is -2.11. The smallest absolute Gasteiger partial charge is 0.407 e. The fraction of sp³-hybridized carbons (Fsp3) is 0.533. The lowest BCUT2D eigenvalue weighted by Gasteiger charge is -2.34. The first kappa shape index (κ1) is 15.3.